The van der Waals surface area contributed by atoms with Crippen molar-refractivity contribution in [3.05, 3.63) is 34.3 Å². The minimum absolute atomic E-state index is 0.0421. The second-order valence-corrected chi connectivity index (χ2v) is 4.24. The number of aromatic amines is 1. The molecule has 0 saturated carbocycles. The third-order valence-corrected chi connectivity index (χ3v) is 2.86. The van der Waals surface area contributed by atoms with Crippen LogP contribution in [0, 0.1) is 0 Å². The van der Waals surface area contributed by atoms with E-state index in [9.17, 15) is 22.4 Å². The van der Waals surface area contributed by atoms with Gasteiger partial charge >= 0.3 is 18.1 Å². The molecule has 0 saturated heterocycles. The van der Waals surface area contributed by atoms with E-state index >= 15 is 0 Å². The Labute approximate surface area is 110 Å². The molecule has 0 aliphatic heterocycles. The summed E-state index contributed by atoms with van der Waals surface area (Å²) >= 11 is 0. The second kappa shape index (κ2) is 5.28. The lowest BCUT2D eigenvalue weighted by Gasteiger charge is -2.27. The van der Waals surface area contributed by atoms with E-state index in [4.69, 9.17) is 4.42 Å². The highest BCUT2D eigenvalue weighted by Gasteiger charge is 2.49. The van der Waals surface area contributed by atoms with E-state index in [0.717, 1.165) is 6.07 Å². The van der Waals surface area contributed by atoms with Crippen molar-refractivity contribution in [1.82, 2.24) is 10.3 Å². The lowest BCUT2D eigenvalue weighted by Crippen LogP contribution is -2.42. The van der Waals surface area contributed by atoms with Crippen LogP contribution < -0.4 is 11.1 Å². The summed E-state index contributed by atoms with van der Waals surface area (Å²) in [5.41, 5.74) is 0.280. The van der Waals surface area contributed by atoms with Crippen molar-refractivity contribution in [2.45, 2.75) is 25.3 Å². The molecule has 110 valence electrons. The maximum Gasteiger partial charge on any atom is 0.417 e. The Hall–Kier alpha value is -1.83. The molecule has 20 heavy (non-hydrogen) atoms. The molecule has 0 amide bonds. The molecule has 1 unspecified atom stereocenters. The molecule has 0 aliphatic rings. The first-order valence-electron chi connectivity index (χ1n) is 5.88. The van der Waals surface area contributed by atoms with Crippen molar-refractivity contribution in [3.63, 3.8) is 0 Å². The van der Waals surface area contributed by atoms with Gasteiger partial charge in [-0.15, -0.1) is 0 Å². The van der Waals surface area contributed by atoms with Crippen LogP contribution in [0.3, 0.4) is 0 Å². The largest absolute Gasteiger partial charge is 0.417 e. The van der Waals surface area contributed by atoms with Gasteiger partial charge in [0.05, 0.1) is 5.52 Å². The predicted molar refractivity (Wildman–Crippen MR) is 64.2 cm³/mol. The summed E-state index contributed by atoms with van der Waals surface area (Å²) in [5, 5.41) is 2.33. The molecule has 0 bridgehead atoms. The van der Waals surface area contributed by atoms with Crippen LogP contribution in [0.4, 0.5) is 17.6 Å². The first-order chi connectivity index (χ1) is 9.36. The molecular weight excluding hydrogens is 280 g/mol. The fraction of sp³-hybridized carbons (Fsp3) is 0.417. The first kappa shape index (κ1) is 14.6. The van der Waals surface area contributed by atoms with Crippen LogP contribution in [0.1, 0.15) is 18.5 Å². The smallest absolute Gasteiger partial charge is 0.408 e. The van der Waals surface area contributed by atoms with Crippen molar-refractivity contribution >= 4 is 11.1 Å². The normalized spacial score (nSPS) is 14.1. The Morgan fingerprint density at radius 3 is 2.70 bits per heavy atom. The van der Waals surface area contributed by atoms with Gasteiger partial charge in [-0.3, -0.25) is 4.98 Å². The van der Waals surface area contributed by atoms with Gasteiger partial charge in [-0.2, -0.15) is 8.78 Å². The lowest BCUT2D eigenvalue weighted by molar-refractivity contribution is -0.151. The number of H-pyrrole nitrogens is 1. The minimum Gasteiger partial charge on any atom is -0.408 e. The number of alkyl halides is 4. The van der Waals surface area contributed by atoms with Crippen LogP contribution in [-0.4, -0.2) is 23.9 Å². The number of aromatic nitrogens is 1. The van der Waals surface area contributed by atoms with E-state index in [1.807, 2.05) is 0 Å². The zero-order valence-corrected chi connectivity index (χ0v) is 10.4. The molecule has 1 atom stereocenters. The SMILES string of the molecule is CCNC(c1ccc2[nH]c(=O)oc2c1)C(F)(F)C(F)F. The lowest BCUT2D eigenvalue weighted by atomic mass is 10.00. The number of oxazole rings is 1. The van der Waals surface area contributed by atoms with Crippen molar-refractivity contribution in [3.8, 4) is 0 Å². The Kier molecular flexibility index (Phi) is 3.85. The highest BCUT2D eigenvalue weighted by molar-refractivity contribution is 5.73. The van der Waals surface area contributed by atoms with Crippen LogP contribution in [0.15, 0.2) is 27.4 Å². The minimum atomic E-state index is -4.24. The van der Waals surface area contributed by atoms with Crippen LogP contribution in [0.5, 0.6) is 0 Å². The van der Waals surface area contributed by atoms with Crippen molar-refractivity contribution in [1.29, 1.82) is 0 Å². The van der Waals surface area contributed by atoms with Gasteiger partial charge in [0.1, 0.15) is 6.04 Å². The maximum absolute atomic E-state index is 13.6. The van der Waals surface area contributed by atoms with Gasteiger partial charge in [-0.05, 0) is 24.2 Å². The number of nitrogens with one attached hydrogen (secondary N) is 2. The molecule has 1 heterocycles. The second-order valence-electron chi connectivity index (χ2n) is 4.24. The molecule has 2 N–H and O–H groups in total. The van der Waals surface area contributed by atoms with E-state index in [1.165, 1.54) is 19.1 Å². The Morgan fingerprint density at radius 2 is 2.10 bits per heavy atom. The van der Waals surface area contributed by atoms with Gasteiger partial charge in [-0.25, -0.2) is 13.6 Å². The van der Waals surface area contributed by atoms with Crippen LogP contribution in [-0.2, 0) is 0 Å². The zero-order valence-electron chi connectivity index (χ0n) is 10.4. The fourth-order valence-electron chi connectivity index (χ4n) is 1.95. The number of halogens is 4. The first-order valence-corrected chi connectivity index (χ1v) is 5.88. The third-order valence-electron chi connectivity index (χ3n) is 2.86. The van der Waals surface area contributed by atoms with E-state index in [-0.39, 0.29) is 17.7 Å². The maximum atomic E-state index is 13.6. The van der Waals surface area contributed by atoms with E-state index in [2.05, 4.69) is 10.3 Å². The molecule has 0 aliphatic carbocycles. The molecule has 0 radical (unpaired) electrons. The quantitative estimate of drug-likeness (QED) is 0.833. The molecule has 0 fully saturated rings. The molecule has 8 heteroatoms. The Morgan fingerprint density at radius 1 is 1.40 bits per heavy atom. The van der Waals surface area contributed by atoms with Crippen molar-refractivity contribution < 1.29 is 22.0 Å². The van der Waals surface area contributed by atoms with Gasteiger partial charge in [0, 0.05) is 0 Å². The monoisotopic (exact) mass is 292 g/mol. The number of hydrogen-bond acceptors (Lipinski definition) is 3. The number of fused-ring (bicyclic) bond motifs is 1. The average molecular weight is 292 g/mol. The Bertz CT molecular complexity index is 650. The summed E-state index contributed by atoms with van der Waals surface area (Å²) in [6, 6.07) is 1.87. The number of hydrogen-bond donors (Lipinski definition) is 2. The molecule has 1 aromatic heterocycles. The summed E-state index contributed by atoms with van der Waals surface area (Å²) in [6.07, 6.45) is -3.81. The average Bonchev–Trinajstić information content (AvgIpc) is 2.74. The summed E-state index contributed by atoms with van der Waals surface area (Å²) in [6.45, 7) is 1.62. The molecule has 2 aromatic rings. The predicted octanol–water partition coefficient (Wildman–Crippen LogP) is 2.67. The van der Waals surface area contributed by atoms with Crippen LogP contribution in [0.2, 0.25) is 0 Å². The zero-order chi connectivity index (χ0) is 14.9. The van der Waals surface area contributed by atoms with E-state index in [0.29, 0.717) is 5.52 Å². The van der Waals surface area contributed by atoms with E-state index in [1.54, 1.807) is 0 Å². The van der Waals surface area contributed by atoms with Gasteiger partial charge in [0.15, 0.2) is 5.58 Å². The van der Waals surface area contributed by atoms with Crippen LogP contribution in [0.25, 0.3) is 11.1 Å². The molecule has 4 nitrogen and oxygen atoms in total. The molecule has 1 aromatic carbocycles. The summed E-state index contributed by atoms with van der Waals surface area (Å²) in [5.74, 6) is -4.97. The van der Waals surface area contributed by atoms with Gasteiger partial charge in [-0.1, -0.05) is 13.0 Å². The standard InChI is InChI=1S/C12H12F4N2O2/c1-2-17-9(12(15,16)10(13)14)6-3-4-7-8(5-6)20-11(19)18-7/h3-5,9-10,17H,2H2,1H3,(H,18,19). The molecule has 2 rings (SSSR count). The fourth-order valence-corrected chi connectivity index (χ4v) is 1.95. The summed E-state index contributed by atoms with van der Waals surface area (Å²) < 4.78 is 56.9. The van der Waals surface area contributed by atoms with Crippen molar-refractivity contribution in [2.24, 2.45) is 0 Å². The molecular formula is C12H12F4N2O2. The van der Waals surface area contributed by atoms with Gasteiger partial charge in [0.2, 0.25) is 0 Å². The van der Waals surface area contributed by atoms with Crippen LogP contribution >= 0.6 is 0 Å². The summed E-state index contributed by atoms with van der Waals surface area (Å²) in [4.78, 5) is 13.3. The number of rotatable bonds is 5. The molecule has 0 spiro atoms. The number of benzene rings is 1. The highest BCUT2D eigenvalue weighted by atomic mass is 19.3. The van der Waals surface area contributed by atoms with Gasteiger partial charge < -0.3 is 9.73 Å². The van der Waals surface area contributed by atoms with E-state index < -0.39 is 24.1 Å². The highest BCUT2D eigenvalue weighted by Crippen LogP contribution is 2.37. The topological polar surface area (TPSA) is 58.0 Å². The Balaban J connectivity index is 2.48. The van der Waals surface area contributed by atoms with Gasteiger partial charge in [0.25, 0.3) is 0 Å². The third kappa shape index (κ3) is 2.55. The summed E-state index contributed by atoms with van der Waals surface area (Å²) in [7, 11) is 0. The van der Waals surface area contributed by atoms with Crippen molar-refractivity contribution in [2.75, 3.05) is 6.54 Å².